The number of rotatable bonds is 7. The van der Waals surface area contributed by atoms with Gasteiger partial charge in [0.25, 0.3) is 0 Å². The number of benzene rings is 1. The van der Waals surface area contributed by atoms with Crippen LogP contribution < -0.4 is 15.4 Å². The summed E-state index contributed by atoms with van der Waals surface area (Å²) >= 11 is 1.74. The van der Waals surface area contributed by atoms with Crippen molar-refractivity contribution in [3.63, 3.8) is 0 Å². The number of hydrogen-bond donors (Lipinski definition) is 2. The van der Waals surface area contributed by atoms with E-state index in [1.165, 1.54) is 25.7 Å². The fourth-order valence-electron chi connectivity index (χ4n) is 3.75. The second-order valence-corrected chi connectivity index (χ2v) is 8.68. The Hall–Kier alpha value is -2.05. The number of aromatic nitrogens is 1. The minimum absolute atomic E-state index is 0.0421. The third kappa shape index (κ3) is 5.06. The van der Waals surface area contributed by atoms with Gasteiger partial charge in [-0.25, -0.2) is 0 Å². The molecule has 1 saturated carbocycles. The van der Waals surface area contributed by atoms with Crippen LogP contribution in [-0.4, -0.2) is 29.3 Å². The molecule has 4 rings (SSSR count). The smallest absolute Gasteiger partial charge is 0.238 e. The topological polar surface area (TPSA) is 63.2 Å². The van der Waals surface area contributed by atoms with Crippen LogP contribution in [0.5, 0.6) is 5.75 Å². The van der Waals surface area contributed by atoms with Crippen LogP contribution in [0.1, 0.15) is 42.2 Å². The molecule has 2 heterocycles. The van der Waals surface area contributed by atoms with Crippen LogP contribution in [0.3, 0.4) is 0 Å². The SMILES string of the molecule is O=C(NCc1ccc(OCC2CCCC2)cc1)C1CSC(c2cccnc2)N1. The van der Waals surface area contributed by atoms with Crippen molar-refractivity contribution in [1.82, 2.24) is 15.6 Å². The Kier molecular flexibility index (Phi) is 6.49. The molecule has 1 saturated heterocycles. The van der Waals surface area contributed by atoms with Crippen molar-refractivity contribution in [1.29, 1.82) is 0 Å². The Morgan fingerprint density at radius 3 is 2.79 bits per heavy atom. The summed E-state index contributed by atoms with van der Waals surface area (Å²) < 4.78 is 5.90. The maximum Gasteiger partial charge on any atom is 0.238 e. The summed E-state index contributed by atoms with van der Waals surface area (Å²) in [4.78, 5) is 16.6. The number of nitrogens with zero attached hydrogens (tertiary/aromatic N) is 1. The second-order valence-electron chi connectivity index (χ2n) is 7.54. The van der Waals surface area contributed by atoms with E-state index in [1.807, 2.05) is 42.6 Å². The van der Waals surface area contributed by atoms with Gasteiger partial charge in [-0.3, -0.25) is 15.1 Å². The Balaban J connectivity index is 1.21. The molecule has 0 spiro atoms. The predicted octanol–water partition coefficient (Wildman–Crippen LogP) is 3.67. The molecule has 2 aliphatic rings. The van der Waals surface area contributed by atoms with Crippen LogP contribution in [0.2, 0.25) is 0 Å². The summed E-state index contributed by atoms with van der Waals surface area (Å²) in [7, 11) is 0. The zero-order valence-corrected chi connectivity index (χ0v) is 16.8. The Morgan fingerprint density at radius 2 is 2.04 bits per heavy atom. The van der Waals surface area contributed by atoms with E-state index in [1.54, 1.807) is 18.0 Å². The van der Waals surface area contributed by atoms with Crippen molar-refractivity contribution in [3.8, 4) is 5.75 Å². The lowest BCUT2D eigenvalue weighted by molar-refractivity contribution is -0.122. The third-order valence-electron chi connectivity index (χ3n) is 5.44. The largest absolute Gasteiger partial charge is 0.493 e. The van der Waals surface area contributed by atoms with Crippen molar-refractivity contribution in [2.75, 3.05) is 12.4 Å². The van der Waals surface area contributed by atoms with E-state index in [2.05, 4.69) is 15.6 Å². The van der Waals surface area contributed by atoms with Crippen LogP contribution >= 0.6 is 11.8 Å². The molecule has 5 nitrogen and oxygen atoms in total. The van der Waals surface area contributed by atoms with E-state index in [0.29, 0.717) is 12.5 Å². The van der Waals surface area contributed by atoms with Gasteiger partial charge in [-0.15, -0.1) is 11.8 Å². The van der Waals surface area contributed by atoms with Gasteiger partial charge >= 0.3 is 0 Å². The first-order valence-corrected chi connectivity index (χ1v) is 11.1. The van der Waals surface area contributed by atoms with Crippen molar-refractivity contribution < 1.29 is 9.53 Å². The van der Waals surface area contributed by atoms with Crippen LogP contribution in [-0.2, 0) is 11.3 Å². The Morgan fingerprint density at radius 1 is 1.21 bits per heavy atom. The zero-order chi connectivity index (χ0) is 19.2. The van der Waals surface area contributed by atoms with Crippen LogP contribution in [0, 0.1) is 5.92 Å². The molecule has 1 aliphatic carbocycles. The van der Waals surface area contributed by atoms with E-state index in [9.17, 15) is 4.79 Å². The summed E-state index contributed by atoms with van der Waals surface area (Å²) in [5.41, 5.74) is 2.19. The van der Waals surface area contributed by atoms with Crippen LogP contribution in [0.15, 0.2) is 48.8 Å². The van der Waals surface area contributed by atoms with Crippen molar-refractivity contribution in [2.45, 2.75) is 43.6 Å². The maximum absolute atomic E-state index is 12.5. The number of hydrogen-bond acceptors (Lipinski definition) is 5. The van der Waals surface area contributed by atoms with Gasteiger partial charge in [0, 0.05) is 24.7 Å². The highest BCUT2D eigenvalue weighted by molar-refractivity contribution is 7.99. The van der Waals surface area contributed by atoms with Crippen molar-refractivity contribution in [2.24, 2.45) is 5.92 Å². The molecule has 2 N–H and O–H groups in total. The van der Waals surface area contributed by atoms with Gasteiger partial charge in [0.05, 0.1) is 18.0 Å². The van der Waals surface area contributed by atoms with Gasteiger partial charge in [0.15, 0.2) is 0 Å². The molecule has 28 heavy (non-hydrogen) atoms. The lowest BCUT2D eigenvalue weighted by Gasteiger charge is -2.14. The van der Waals surface area contributed by atoms with Crippen molar-refractivity contribution in [3.05, 3.63) is 59.9 Å². The Bertz CT molecular complexity index is 763. The number of pyridine rings is 1. The van der Waals surface area contributed by atoms with Crippen LogP contribution in [0.4, 0.5) is 0 Å². The van der Waals surface area contributed by atoms with Gasteiger partial charge in [-0.05, 0) is 48.1 Å². The number of nitrogens with one attached hydrogen (secondary N) is 2. The van der Waals surface area contributed by atoms with E-state index < -0.39 is 0 Å². The maximum atomic E-state index is 12.5. The molecule has 1 aromatic carbocycles. The third-order valence-corrected chi connectivity index (χ3v) is 6.70. The van der Waals surface area contributed by atoms with Gasteiger partial charge in [-0.2, -0.15) is 0 Å². The summed E-state index contributed by atoms with van der Waals surface area (Å²) in [5.74, 6) is 2.43. The monoisotopic (exact) mass is 397 g/mol. The fraction of sp³-hybridized carbons (Fsp3) is 0.455. The van der Waals surface area contributed by atoms with E-state index in [0.717, 1.165) is 29.2 Å². The quantitative estimate of drug-likeness (QED) is 0.746. The Labute approximate surface area is 170 Å². The molecule has 0 bridgehead atoms. The number of amides is 1. The number of ether oxygens (including phenoxy) is 1. The summed E-state index contributed by atoms with van der Waals surface area (Å²) in [6.45, 7) is 1.35. The van der Waals surface area contributed by atoms with Crippen molar-refractivity contribution >= 4 is 17.7 Å². The zero-order valence-electron chi connectivity index (χ0n) is 16.0. The van der Waals surface area contributed by atoms with E-state index >= 15 is 0 Å². The minimum Gasteiger partial charge on any atom is -0.493 e. The van der Waals surface area contributed by atoms with Gasteiger partial charge < -0.3 is 10.1 Å². The standard InChI is InChI=1S/C22H27N3O2S/c26-21(20-15-28-22(25-20)18-6-3-11-23-13-18)24-12-16-7-9-19(10-8-16)27-14-17-4-1-2-5-17/h3,6-11,13,17,20,22,25H,1-2,4-5,12,14-15H2,(H,24,26). The molecule has 0 radical (unpaired) electrons. The van der Waals surface area contributed by atoms with Gasteiger partial charge in [-0.1, -0.05) is 31.0 Å². The normalized spacial score (nSPS) is 22.3. The van der Waals surface area contributed by atoms with Gasteiger partial charge in [0.1, 0.15) is 5.75 Å². The first-order valence-electron chi connectivity index (χ1n) is 10.0. The molecule has 1 amide bonds. The fourth-order valence-corrected chi connectivity index (χ4v) is 4.98. The first kappa shape index (κ1) is 19.3. The average molecular weight is 398 g/mol. The van der Waals surface area contributed by atoms with E-state index in [4.69, 9.17) is 4.74 Å². The number of carbonyl (C=O) groups is 1. The summed E-state index contributed by atoms with van der Waals surface area (Å²) in [6, 6.07) is 11.8. The first-order chi connectivity index (χ1) is 13.8. The second kappa shape index (κ2) is 9.43. The average Bonchev–Trinajstić information content (AvgIpc) is 3.44. The molecule has 2 unspecified atom stereocenters. The molecule has 6 heteroatoms. The molecular weight excluding hydrogens is 370 g/mol. The molecule has 1 aromatic heterocycles. The molecular formula is C22H27N3O2S. The predicted molar refractivity (Wildman–Crippen MR) is 112 cm³/mol. The highest BCUT2D eigenvalue weighted by Crippen LogP contribution is 2.32. The molecule has 1 aliphatic heterocycles. The van der Waals surface area contributed by atoms with E-state index in [-0.39, 0.29) is 17.3 Å². The highest BCUT2D eigenvalue weighted by Gasteiger charge is 2.30. The lowest BCUT2D eigenvalue weighted by atomic mass is 10.1. The van der Waals surface area contributed by atoms with Crippen LogP contribution in [0.25, 0.3) is 0 Å². The highest BCUT2D eigenvalue weighted by atomic mass is 32.2. The number of carbonyl (C=O) groups excluding carboxylic acids is 1. The molecule has 148 valence electrons. The number of thioether (sulfide) groups is 1. The van der Waals surface area contributed by atoms with Gasteiger partial charge in [0.2, 0.25) is 5.91 Å². The summed E-state index contributed by atoms with van der Waals surface area (Å²) in [6.07, 6.45) is 8.87. The molecule has 2 atom stereocenters. The lowest BCUT2D eigenvalue weighted by Crippen LogP contribution is -2.42. The molecule has 2 fully saturated rings. The summed E-state index contributed by atoms with van der Waals surface area (Å²) in [5, 5.41) is 6.55. The minimum atomic E-state index is -0.177. The molecule has 2 aromatic rings.